The third kappa shape index (κ3) is 2.21. The van der Waals surface area contributed by atoms with Crippen molar-refractivity contribution in [1.82, 2.24) is 0 Å². The van der Waals surface area contributed by atoms with Gasteiger partial charge in [0.2, 0.25) is 0 Å². The molecule has 0 aliphatic heterocycles. The molecule has 8 atom stereocenters. The highest BCUT2D eigenvalue weighted by atomic mass is 19.1. The maximum Gasteiger partial charge on any atom is 0.178 e. The van der Waals surface area contributed by atoms with Crippen LogP contribution < -0.4 is 0 Å². The van der Waals surface area contributed by atoms with Crippen molar-refractivity contribution in [2.75, 3.05) is 6.61 Å². The Morgan fingerprint density at radius 3 is 2.74 bits per heavy atom. The number of carbonyl (C=O) groups is 2. The summed E-state index contributed by atoms with van der Waals surface area (Å²) in [6, 6.07) is 0. The van der Waals surface area contributed by atoms with Gasteiger partial charge >= 0.3 is 0 Å². The van der Waals surface area contributed by atoms with E-state index in [0.29, 0.717) is 24.8 Å². The van der Waals surface area contributed by atoms with E-state index in [1.165, 1.54) is 12.2 Å². The molecule has 3 N–H and O–H groups in total. The van der Waals surface area contributed by atoms with E-state index in [1.54, 1.807) is 13.0 Å². The number of Topliss-reactive ketones (excluding diaryl/α,β-unsaturated/α-hetero) is 1. The minimum atomic E-state index is -2.01. The molecule has 0 bridgehead atoms. The first-order valence-corrected chi connectivity index (χ1v) is 9.76. The van der Waals surface area contributed by atoms with Crippen LogP contribution in [0.15, 0.2) is 23.8 Å². The van der Waals surface area contributed by atoms with Crippen molar-refractivity contribution in [1.29, 1.82) is 0 Å². The van der Waals surface area contributed by atoms with Crippen LogP contribution in [0.25, 0.3) is 0 Å². The molecule has 5 nitrogen and oxygen atoms in total. The number of carbonyl (C=O) groups excluding carboxylic acids is 2. The Morgan fingerprint density at radius 1 is 1.37 bits per heavy atom. The van der Waals surface area contributed by atoms with E-state index < -0.39 is 52.9 Å². The molecular formula is C21H27FO5. The summed E-state index contributed by atoms with van der Waals surface area (Å²) in [5, 5.41) is 31.7. The summed E-state index contributed by atoms with van der Waals surface area (Å²) in [5.74, 6) is -2.69. The van der Waals surface area contributed by atoms with Gasteiger partial charge in [-0.1, -0.05) is 18.6 Å². The number of aliphatic hydroxyl groups is 3. The van der Waals surface area contributed by atoms with Crippen LogP contribution in [-0.2, 0) is 9.59 Å². The molecule has 0 spiro atoms. The van der Waals surface area contributed by atoms with Crippen molar-refractivity contribution in [3.8, 4) is 0 Å². The summed E-state index contributed by atoms with van der Waals surface area (Å²) < 4.78 is 16.7. The zero-order valence-electron chi connectivity index (χ0n) is 15.7. The van der Waals surface area contributed by atoms with Crippen molar-refractivity contribution in [3.05, 3.63) is 23.8 Å². The smallest absolute Gasteiger partial charge is 0.178 e. The Bertz CT molecular complexity index is 760. The average Bonchev–Trinajstić information content (AvgIpc) is 2.86. The monoisotopic (exact) mass is 378 g/mol. The molecule has 0 amide bonds. The van der Waals surface area contributed by atoms with Gasteiger partial charge in [-0.15, -0.1) is 0 Å². The number of hydrogen-bond acceptors (Lipinski definition) is 5. The van der Waals surface area contributed by atoms with E-state index in [0.717, 1.165) is 0 Å². The molecule has 0 aromatic rings. The van der Waals surface area contributed by atoms with Crippen LogP contribution in [0.1, 0.15) is 39.5 Å². The molecule has 0 heterocycles. The van der Waals surface area contributed by atoms with Gasteiger partial charge in [0.25, 0.3) is 0 Å². The Kier molecular flexibility index (Phi) is 4.09. The second-order valence-electron chi connectivity index (χ2n) is 9.15. The van der Waals surface area contributed by atoms with E-state index in [4.69, 9.17) is 0 Å². The number of alkyl halides is 1. The van der Waals surface area contributed by atoms with Gasteiger partial charge in [0, 0.05) is 17.8 Å². The summed E-state index contributed by atoms with van der Waals surface area (Å²) in [5.41, 5.74) is -3.94. The Hall–Kier alpha value is -1.37. The van der Waals surface area contributed by atoms with Crippen molar-refractivity contribution in [2.45, 2.75) is 56.9 Å². The molecule has 4 aliphatic rings. The third-order valence-electron chi connectivity index (χ3n) is 7.99. The molecular weight excluding hydrogens is 351 g/mol. The minimum absolute atomic E-state index is 0.172. The van der Waals surface area contributed by atoms with Crippen LogP contribution in [0.5, 0.6) is 0 Å². The van der Waals surface area contributed by atoms with Gasteiger partial charge in [-0.2, -0.15) is 0 Å². The second-order valence-corrected chi connectivity index (χ2v) is 9.15. The fraction of sp³-hybridized carbons (Fsp3) is 0.714. The number of fused-ring (bicyclic) bond motifs is 5. The SMILES string of the molecule is C[C@@H]1C[C@H]2C3CCC4=CC(=O)C=CC4(C)[C@@]3(F)C(O)CC2(O)C1C(=O)CO. The van der Waals surface area contributed by atoms with E-state index in [2.05, 4.69) is 0 Å². The minimum Gasteiger partial charge on any atom is -0.390 e. The van der Waals surface area contributed by atoms with Gasteiger partial charge in [-0.25, -0.2) is 4.39 Å². The zero-order chi connectivity index (χ0) is 19.8. The number of hydrogen-bond donors (Lipinski definition) is 3. The fourth-order valence-electron chi connectivity index (χ4n) is 6.83. The highest BCUT2D eigenvalue weighted by Gasteiger charge is 2.72. The summed E-state index contributed by atoms with van der Waals surface area (Å²) in [4.78, 5) is 24.1. The first-order chi connectivity index (χ1) is 12.6. The quantitative estimate of drug-likeness (QED) is 0.677. The number of allylic oxidation sites excluding steroid dienone is 4. The molecule has 6 heteroatoms. The van der Waals surface area contributed by atoms with Crippen LogP contribution in [0, 0.1) is 29.1 Å². The van der Waals surface area contributed by atoms with Gasteiger partial charge < -0.3 is 15.3 Å². The standard InChI is InChI=1S/C21H27FO5/c1-11-7-15-14-4-3-12-8-13(24)5-6-19(12,2)21(14,22)17(26)9-20(15,27)18(11)16(25)10-23/h5-6,8,11,14-15,17-18,23,26-27H,3-4,7,9-10H2,1-2H3/t11-,14?,15+,17?,18?,19?,20?,21+/m1/s1. The predicted octanol–water partition coefficient (Wildman–Crippen LogP) is 1.51. The van der Waals surface area contributed by atoms with Crippen molar-refractivity contribution >= 4 is 11.6 Å². The van der Waals surface area contributed by atoms with Crippen molar-refractivity contribution < 1.29 is 29.3 Å². The molecule has 3 fully saturated rings. The lowest BCUT2D eigenvalue weighted by molar-refractivity contribution is -0.223. The molecule has 3 saturated carbocycles. The molecule has 0 aromatic heterocycles. The lowest BCUT2D eigenvalue weighted by atomic mass is 9.47. The number of rotatable bonds is 2. The molecule has 4 aliphatic carbocycles. The molecule has 5 unspecified atom stereocenters. The van der Waals surface area contributed by atoms with E-state index >= 15 is 4.39 Å². The first-order valence-electron chi connectivity index (χ1n) is 9.76. The zero-order valence-corrected chi connectivity index (χ0v) is 15.7. The summed E-state index contributed by atoms with van der Waals surface area (Å²) in [7, 11) is 0. The van der Waals surface area contributed by atoms with Gasteiger partial charge in [-0.05, 0) is 50.2 Å². The van der Waals surface area contributed by atoms with Gasteiger partial charge in [0.15, 0.2) is 17.2 Å². The van der Waals surface area contributed by atoms with Gasteiger partial charge in [-0.3, -0.25) is 9.59 Å². The van der Waals surface area contributed by atoms with Gasteiger partial charge in [0.1, 0.15) is 6.61 Å². The first kappa shape index (κ1) is 19.0. The van der Waals surface area contributed by atoms with Crippen LogP contribution >= 0.6 is 0 Å². The summed E-state index contributed by atoms with van der Waals surface area (Å²) >= 11 is 0. The summed E-state index contributed by atoms with van der Waals surface area (Å²) in [6.07, 6.45) is 4.11. The largest absolute Gasteiger partial charge is 0.390 e. The van der Waals surface area contributed by atoms with E-state index in [-0.39, 0.29) is 18.1 Å². The highest BCUT2D eigenvalue weighted by molar-refractivity contribution is 6.01. The van der Waals surface area contributed by atoms with Gasteiger partial charge in [0.05, 0.1) is 17.6 Å². The number of aliphatic hydroxyl groups excluding tert-OH is 2. The number of ketones is 2. The Balaban J connectivity index is 1.80. The predicted molar refractivity (Wildman–Crippen MR) is 95.3 cm³/mol. The van der Waals surface area contributed by atoms with Crippen molar-refractivity contribution in [2.24, 2.45) is 29.1 Å². The van der Waals surface area contributed by atoms with Crippen LogP contribution in [0.3, 0.4) is 0 Å². The number of halogens is 1. The Labute approximate surface area is 158 Å². The molecule has 0 saturated heterocycles. The van der Waals surface area contributed by atoms with E-state index in [9.17, 15) is 24.9 Å². The summed E-state index contributed by atoms with van der Waals surface area (Å²) in [6.45, 7) is 2.90. The fourth-order valence-corrected chi connectivity index (χ4v) is 6.83. The van der Waals surface area contributed by atoms with Crippen LogP contribution in [-0.4, -0.2) is 50.9 Å². The third-order valence-corrected chi connectivity index (χ3v) is 7.99. The Morgan fingerprint density at radius 2 is 2.07 bits per heavy atom. The lowest BCUT2D eigenvalue weighted by Gasteiger charge is -2.61. The maximum atomic E-state index is 16.7. The van der Waals surface area contributed by atoms with Crippen LogP contribution in [0.4, 0.5) is 4.39 Å². The second kappa shape index (κ2) is 5.82. The molecule has 148 valence electrons. The molecule has 0 radical (unpaired) electrons. The molecule has 4 rings (SSSR count). The lowest BCUT2D eigenvalue weighted by Crippen LogP contribution is -2.69. The molecule has 27 heavy (non-hydrogen) atoms. The van der Waals surface area contributed by atoms with E-state index in [1.807, 2.05) is 6.92 Å². The topological polar surface area (TPSA) is 94.8 Å². The maximum absolute atomic E-state index is 16.7. The molecule has 0 aromatic carbocycles. The average molecular weight is 378 g/mol. The normalized spacial score (nSPS) is 51.3. The highest BCUT2D eigenvalue weighted by Crippen LogP contribution is 2.67. The van der Waals surface area contributed by atoms with Crippen LogP contribution in [0.2, 0.25) is 0 Å². The van der Waals surface area contributed by atoms with Crippen molar-refractivity contribution in [3.63, 3.8) is 0 Å².